The summed E-state index contributed by atoms with van der Waals surface area (Å²) in [6.45, 7) is 3.25. The van der Waals surface area contributed by atoms with E-state index >= 15 is 0 Å². The van der Waals surface area contributed by atoms with Crippen LogP contribution in [0.1, 0.15) is 31.7 Å². The van der Waals surface area contributed by atoms with Crippen molar-refractivity contribution in [3.63, 3.8) is 0 Å². The summed E-state index contributed by atoms with van der Waals surface area (Å²) in [5.74, 6) is -0.477. The van der Waals surface area contributed by atoms with Gasteiger partial charge in [-0.2, -0.15) is 0 Å². The number of nitrogens with one attached hydrogen (secondary N) is 1. The maximum atomic E-state index is 12.5. The molecule has 2 fully saturated rings. The normalized spacial score (nSPS) is 18.8. The molecule has 2 N–H and O–H groups in total. The number of benzene rings is 1. The number of hydrogen-bond acceptors (Lipinski definition) is 5. The van der Waals surface area contributed by atoms with Gasteiger partial charge in [0.15, 0.2) is 11.5 Å². The summed E-state index contributed by atoms with van der Waals surface area (Å²) in [6.07, 6.45) is 4.48. The maximum absolute atomic E-state index is 12.5. The molecule has 2 aliphatic heterocycles. The summed E-state index contributed by atoms with van der Waals surface area (Å²) in [4.78, 5) is 39.7. The molecule has 2 heterocycles. The number of rotatable bonds is 5. The van der Waals surface area contributed by atoms with E-state index in [1.165, 1.54) is 12.1 Å². The summed E-state index contributed by atoms with van der Waals surface area (Å²) in [5, 5.41) is 12.3. The molecule has 2 saturated heterocycles. The summed E-state index contributed by atoms with van der Waals surface area (Å²) < 4.78 is 5.32. The third-order valence-corrected chi connectivity index (χ3v) is 4.56. The van der Waals surface area contributed by atoms with Crippen LogP contribution >= 0.6 is 0 Å². The standard InChI is InChI=1S/C19H23N3O5/c1-2-27-16-11-13(6-7-15(16)23)10-14-18(25)22(19(26)20-14)12-17(24)21-8-4-3-5-9-21/h6-7,10-11,23H,2-5,8-9,12H2,1H3,(H,20,26)/b14-10-. The number of nitrogens with zero attached hydrogens (tertiary/aromatic N) is 2. The molecule has 0 unspecified atom stereocenters. The number of carbonyl (C=O) groups is 3. The number of imide groups is 1. The van der Waals surface area contributed by atoms with E-state index in [-0.39, 0.29) is 23.9 Å². The molecule has 0 spiro atoms. The van der Waals surface area contributed by atoms with E-state index in [1.54, 1.807) is 24.0 Å². The van der Waals surface area contributed by atoms with E-state index in [9.17, 15) is 19.5 Å². The highest BCUT2D eigenvalue weighted by molar-refractivity contribution is 6.15. The molecular weight excluding hydrogens is 350 g/mol. The van der Waals surface area contributed by atoms with E-state index in [0.717, 1.165) is 24.2 Å². The van der Waals surface area contributed by atoms with Crippen LogP contribution in [0.5, 0.6) is 11.5 Å². The van der Waals surface area contributed by atoms with Crippen LogP contribution in [0.2, 0.25) is 0 Å². The van der Waals surface area contributed by atoms with Crippen molar-refractivity contribution in [3.05, 3.63) is 29.5 Å². The van der Waals surface area contributed by atoms with E-state index in [0.29, 0.717) is 31.0 Å². The quantitative estimate of drug-likeness (QED) is 0.605. The second-order valence-corrected chi connectivity index (χ2v) is 6.48. The van der Waals surface area contributed by atoms with Crippen molar-refractivity contribution in [3.8, 4) is 11.5 Å². The van der Waals surface area contributed by atoms with Gasteiger partial charge in [0.2, 0.25) is 5.91 Å². The molecule has 0 aliphatic carbocycles. The van der Waals surface area contributed by atoms with Crippen LogP contribution in [0.4, 0.5) is 4.79 Å². The molecule has 1 aromatic carbocycles. The number of likely N-dealkylation sites (tertiary alicyclic amines) is 1. The lowest BCUT2D eigenvalue weighted by atomic mass is 10.1. The van der Waals surface area contributed by atoms with Crippen molar-refractivity contribution in [2.75, 3.05) is 26.2 Å². The lowest BCUT2D eigenvalue weighted by Gasteiger charge is -2.27. The Labute approximate surface area is 157 Å². The van der Waals surface area contributed by atoms with Gasteiger partial charge in [-0.3, -0.25) is 9.59 Å². The zero-order valence-corrected chi connectivity index (χ0v) is 15.2. The fraction of sp³-hybridized carbons (Fsp3) is 0.421. The fourth-order valence-electron chi connectivity index (χ4n) is 3.15. The highest BCUT2D eigenvalue weighted by Gasteiger charge is 2.36. The van der Waals surface area contributed by atoms with Crippen LogP contribution in [0.3, 0.4) is 0 Å². The smallest absolute Gasteiger partial charge is 0.329 e. The molecule has 4 amide bonds. The molecule has 0 saturated carbocycles. The Morgan fingerprint density at radius 2 is 2.00 bits per heavy atom. The number of urea groups is 1. The highest BCUT2D eigenvalue weighted by atomic mass is 16.5. The van der Waals surface area contributed by atoms with Gasteiger partial charge in [0.1, 0.15) is 12.2 Å². The van der Waals surface area contributed by atoms with E-state index in [2.05, 4.69) is 5.32 Å². The molecule has 0 atom stereocenters. The first-order valence-electron chi connectivity index (χ1n) is 9.07. The van der Waals surface area contributed by atoms with Crippen LogP contribution in [0, 0.1) is 0 Å². The Bertz CT molecular complexity index is 784. The molecule has 0 bridgehead atoms. The van der Waals surface area contributed by atoms with Gasteiger partial charge in [-0.25, -0.2) is 9.69 Å². The molecular formula is C19H23N3O5. The Morgan fingerprint density at radius 1 is 1.26 bits per heavy atom. The fourth-order valence-corrected chi connectivity index (χ4v) is 3.15. The van der Waals surface area contributed by atoms with Crippen LogP contribution in [0.25, 0.3) is 6.08 Å². The number of hydrogen-bond donors (Lipinski definition) is 2. The molecule has 8 nitrogen and oxygen atoms in total. The number of piperidine rings is 1. The number of carbonyl (C=O) groups excluding carboxylic acids is 3. The molecule has 2 aliphatic rings. The Kier molecular flexibility index (Phi) is 5.63. The largest absolute Gasteiger partial charge is 0.504 e. The second-order valence-electron chi connectivity index (χ2n) is 6.48. The van der Waals surface area contributed by atoms with Crippen molar-refractivity contribution >= 4 is 23.9 Å². The zero-order valence-electron chi connectivity index (χ0n) is 15.2. The van der Waals surface area contributed by atoms with E-state index in [1.807, 2.05) is 0 Å². The summed E-state index contributed by atoms with van der Waals surface area (Å²) in [6, 6.07) is 4.02. The molecule has 144 valence electrons. The monoisotopic (exact) mass is 373 g/mol. The first-order chi connectivity index (χ1) is 13.0. The van der Waals surface area contributed by atoms with Crippen molar-refractivity contribution in [1.29, 1.82) is 0 Å². The first kappa shape index (κ1) is 18.8. The predicted molar refractivity (Wildman–Crippen MR) is 97.9 cm³/mol. The lowest BCUT2D eigenvalue weighted by molar-refractivity contribution is -0.136. The van der Waals surface area contributed by atoms with Crippen LogP contribution < -0.4 is 10.1 Å². The number of aromatic hydroxyl groups is 1. The lowest BCUT2D eigenvalue weighted by Crippen LogP contribution is -2.44. The van der Waals surface area contributed by atoms with Crippen molar-refractivity contribution in [2.45, 2.75) is 26.2 Å². The van der Waals surface area contributed by atoms with Gasteiger partial charge in [-0.1, -0.05) is 6.07 Å². The van der Waals surface area contributed by atoms with Crippen molar-refractivity contribution in [1.82, 2.24) is 15.1 Å². The third kappa shape index (κ3) is 4.21. The number of amides is 4. The highest BCUT2D eigenvalue weighted by Crippen LogP contribution is 2.28. The van der Waals surface area contributed by atoms with E-state index < -0.39 is 11.9 Å². The number of phenols is 1. The minimum atomic E-state index is -0.611. The second kappa shape index (κ2) is 8.11. The minimum absolute atomic E-state index is 0.00506. The third-order valence-electron chi connectivity index (χ3n) is 4.56. The van der Waals surface area contributed by atoms with Crippen LogP contribution in [-0.2, 0) is 9.59 Å². The molecule has 27 heavy (non-hydrogen) atoms. The van der Waals surface area contributed by atoms with Crippen LogP contribution in [-0.4, -0.2) is 59.0 Å². The van der Waals surface area contributed by atoms with Gasteiger partial charge < -0.3 is 20.1 Å². The summed E-state index contributed by atoms with van der Waals surface area (Å²) in [5.41, 5.74) is 0.670. The maximum Gasteiger partial charge on any atom is 0.329 e. The van der Waals surface area contributed by atoms with E-state index in [4.69, 9.17) is 4.74 Å². The number of phenolic OH excluding ortho intramolecular Hbond substituents is 1. The van der Waals surface area contributed by atoms with Gasteiger partial charge in [0.05, 0.1) is 6.61 Å². The average molecular weight is 373 g/mol. The van der Waals surface area contributed by atoms with Gasteiger partial charge in [-0.05, 0) is 50.0 Å². The minimum Gasteiger partial charge on any atom is -0.504 e. The SMILES string of the molecule is CCOc1cc(/C=C2\NC(=O)N(CC(=O)N3CCCCC3)C2=O)ccc1O. The zero-order chi connectivity index (χ0) is 19.4. The van der Waals surface area contributed by atoms with Gasteiger partial charge in [0.25, 0.3) is 5.91 Å². The van der Waals surface area contributed by atoms with Gasteiger partial charge >= 0.3 is 6.03 Å². The summed E-state index contributed by atoms with van der Waals surface area (Å²) >= 11 is 0. The Hall–Kier alpha value is -3.03. The Balaban J connectivity index is 1.72. The van der Waals surface area contributed by atoms with Gasteiger partial charge in [-0.15, -0.1) is 0 Å². The molecule has 1 aromatic rings. The summed E-state index contributed by atoms with van der Waals surface area (Å²) in [7, 11) is 0. The van der Waals surface area contributed by atoms with Crippen LogP contribution in [0.15, 0.2) is 23.9 Å². The van der Waals surface area contributed by atoms with Gasteiger partial charge in [0, 0.05) is 13.1 Å². The predicted octanol–water partition coefficient (Wildman–Crippen LogP) is 1.70. The molecule has 0 aromatic heterocycles. The van der Waals surface area contributed by atoms with Crippen molar-refractivity contribution < 1.29 is 24.2 Å². The average Bonchev–Trinajstić information content (AvgIpc) is 2.92. The topological polar surface area (TPSA) is 99.2 Å². The van der Waals surface area contributed by atoms with Crippen molar-refractivity contribution in [2.24, 2.45) is 0 Å². The number of ether oxygens (including phenoxy) is 1. The molecule has 8 heteroatoms. The first-order valence-corrected chi connectivity index (χ1v) is 9.07. The Morgan fingerprint density at radius 3 is 2.70 bits per heavy atom. The molecule has 3 rings (SSSR count). The molecule has 0 radical (unpaired) electrons.